The Morgan fingerprint density at radius 1 is 1.27 bits per heavy atom. The molecule has 1 fully saturated rings. The van der Waals surface area contributed by atoms with E-state index in [1.165, 1.54) is 12.1 Å². The molecule has 1 amide bonds. The van der Waals surface area contributed by atoms with Crippen LogP contribution in [-0.2, 0) is 11.4 Å². The lowest BCUT2D eigenvalue weighted by Crippen LogP contribution is -2.26. The molecule has 0 atom stereocenters. The lowest BCUT2D eigenvalue weighted by molar-refractivity contribution is -0.384. The van der Waals surface area contributed by atoms with E-state index in [1.807, 2.05) is 36.5 Å². The highest BCUT2D eigenvalue weighted by Gasteiger charge is 2.32. The molecule has 33 heavy (non-hydrogen) atoms. The van der Waals surface area contributed by atoms with Crippen molar-refractivity contribution >= 4 is 63.9 Å². The van der Waals surface area contributed by atoms with Crippen LogP contribution < -0.4 is 14.9 Å². The number of nitrogens with zero attached hydrogens (tertiary/aromatic N) is 2. The number of nitro groups is 1. The molecule has 176 valence electrons. The van der Waals surface area contributed by atoms with E-state index < -0.39 is 4.92 Å². The number of amides is 1. The topological polar surface area (TPSA) is 103 Å². The summed E-state index contributed by atoms with van der Waals surface area (Å²) >= 11 is 5.77. The molecule has 1 saturated heterocycles. The van der Waals surface area contributed by atoms with Crippen molar-refractivity contribution in [1.29, 1.82) is 0 Å². The number of thioether (sulfide) groups is 2. The summed E-state index contributed by atoms with van der Waals surface area (Å²) in [7, 11) is 0. The summed E-state index contributed by atoms with van der Waals surface area (Å²) in [5.41, 5.74) is 4.22. The SMILES string of the molecule is CCOc1cc(/C=N\NC(=O)CC2(C)SCCS2)cc(I)c1OCc1ccc([N+](=O)[O-])cc1. The molecule has 0 aromatic heterocycles. The van der Waals surface area contributed by atoms with E-state index in [4.69, 9.17) is 9.47 Å². The van der Waals surface area contributed by atoms with Gasteiger partial charge in [0.15, 0.2) is 11.5 Å². The Morgan fingerprint density at radius 2 is 1.97 bits per heavy atom. The van der Waals surface area contributed by atoms with Crippen molar-refractivity contribution < 1.29 is 19.2 Å². The quantitative estimate of drug-likeness (QED) is 0.173. The first-order valence-electron chi connectivity index (χ1n) is 10.2. The van der Waals surface area contributed by atoms with Gasteiger partial charge in [-0.2, -0.15) is 5.10 Å². The van der Waals surface area contributed by atoms with Crippen molar-refractivity contribution in [3.8, 4) is 11.5 Å². The van der Waals surface area contributed by atoms with Crippen LogP contribution in [0.1, 0.15) is 31.4 Å². The predicted octanol–water partition coefficient (Wildman–Crippen LogP) is 5.21. The van der Waals surface area contributed by atoms with Gasteiger partial charge in [0, 0.05) is 23.6 Å². The Bertz CT molecular complexity index is 1030. The third-order valence-electron chi connectivity index (χ3n) is 4.64. The predicted molar refractivity (Wildman–Crippen MR) is 141 cm³/mol. The van der Waals surface area contributed by atoms with Crippen molar-refractivity contribution in [2.75, 3.05) is 18.1 Å². The average Bonchev–Trinajstić information content (AvgIpc) is 3.19. The molecular weight excluding hydrogens is 577 g/mol. The Labute approximate surface area is 214 Å². The van der Waals surface area contributed by atoms with Crippen LogP contribution in [0.5, 0.6) is 11.5 Å². The van der Waals surface area contributed by atoms with Crippen LogP contribution in [0.3, 0.4) is 0 Å². The fraction of sp³-hybridized carbons (Fsp3) is 0.364. The maximum absolute atomic E-state index is 12.2. The van der Waals surface area contributed by atoms with Crippen molar-refractivity contribution in [2.45, 2.75) is 31.0 Å². The fourth-order valence-corrected chi connectivity index (χ4v) is 6.71. The van der Waals surface area contributed by atoms with Gasteiger partial charge in [-0.25, -0.2) is 5.43 Å². The summed E-state index contributed by atoms with van der Waals surface area (Å²) in [5.74, 6) is 3.16. The molecule has 1 heterocycles. The number of carbonyl (C=O) groups is 1. The number of ether oxygens (including phenoxy) is 2. The maximum atomic E-state index is 12.2. The van der Waals surface area contributed by atoms with Crippen molar-refractivity contribution in [1.82, 2.24) is 5.43 Å². The highest BCUT2D eigenvalue weighted by atomic mass is 127. The van der Waals surface area contributed by atoms with E-state index in [0.29, 0.717) is 24.5 Å². The molecule has 3 rings (SSSR count). The van der Waals surface area contributed by atoms with E-state index >= 15 is 0 Å². The van der Waals surface area contributed by atoms with Crippen molar-refractivity contribution in [3.63, 3.8) is 0 Å². The molecule has 0 aliphatic carbocycles. The molecule has 1 N–H and O–H groups in total. The first kappa shape index (κ1) is 25.6. The monoisotopic (exact) mass is 601 g/mol. The van der Waals surface area contributed by atoms with E-state index in [9.17, 15) is 14.9 Å². The van der Waals surface area contributed by atoms with Crippen LogP contribution in [0.15, 0.2) is 41.5 Å². The van der Waals surface area contributed by atoms with Crippen LogP contribution in [0.4, 0.5) is 5.69 Å². The smallest absolute Gasteiger partial charge is 0.269 e. The van der Waals surface area contributed by atoms with Crippen LogP contribution >= 0.6 is 46.1 Å². The second kappa shape index (κ2) is 11.9. The Balaban J connectivity index is 1.65. The van der Waals surface area contributed by atoms with Gasteiger partial charge in [0.25, 0.3) is 5.69 Å². The van der Waals surface area contributed by atoms with Crippen LogP contribution in [0.2, 0.25) is 0 Å². The normalized spacial score (nSPS) is 14.9. The first-order valence-corrected chi connectivity index (χ1v) is 13.3. The minimum atomic E-state index is -0.434. The number of nitro benzene ring substituents is 1. The molecule has 2 aromatic carbocycles. The Morgan fingerprint density at radius 3 is 2.61 bits per heavy atom. The zero-order valence-electron chi connectivity index (χ0n) is 18.2. The van der Waals surface area contributed by atoms with Gasteiger partial charge in [0.1, 0.15) is 6.61 Å². The maximum Gasteiger partial charge on any atom is 0.269 e. The van der Waals surface area contributed by atoms with Gasteiger partial charge in [-0.15, -0.1) is 23.5 Å². The fourth-order valence-electron chi connectivity index (χ4n) is 3.10. The number of rotatable bonds is 10. The van der Waals surface area contributed by atoms with Crippen molar-refractivity contribution in [2.24, 2.45) is 5.10 Å². The highest BCUT2D eigenvalue weighted by molar-refractivity contribution is 14.1. The number of hydrogen-bond acceptors (Lipinski definition) is 8. The minimum Gasteiger partial charge on any atom is -0.490 e. The van der Waals surface area contributed by atoms with Crippen molar-refractivity contribution in [3.05, 3.63) is 61.2 Å². The lowest BCUT2D eigenvalue weighted by atomic mass is 10.2. The number of nitrogens with one attached hydrogen (secondary N) is 1. The molecule has 1 aliphatic rings. The van der Waals surface area contributed by atoms with E-state index in [2.05, 4.69) is 40.0 Å². The van der Waals surface area contributed by atoms with E-state index in [-0.39, 0.29) is 22.3 Å². The summed E-state index contributed by atoms with van der Waals surface area (Å²) in [6.07, 6.45) is 2.00. The molecule has 0 radical (unpaired) electrons. The Kier molecular flexibility index (Phi) is 9.27. The number of halogens is 1. The second-order valence-electron chi connectivity index (χ2n) is 7.28. The zero-order valence-corrected chi connectivity index (χ0v) is 22.0. The Hall–Kier alpha value is -1.99. The summed E-state index contributed by atoms with van der Waals surface area (Å²) in [6.45, 7) is 4.67. The summed E-state index contributed by atoms with van der Waals surface area (Å²) in [5, 5.41) is 14.9. The van der Waals surface area contributed by atoms with Crippen LogP contribution in [-0.4, -0.2) is 39.2 Å². The van der Waals surface area contributed by atoms with E-state index in [1.54, 1.807) is 24.4 Å². The molecule has 0 spiro atoms. The third kappa shape index (κ3) is 7.51. The standard InChI is InChI=1S/C22H24IN3O5S2/c1-3-30-19-11-16(13-24-25-20(27)12-22(2)32-8-9-33-22)10-18(23)21(19)31-14-15-4-6-17(7-5-15)26(28)29/h4-7,10-11,13H,3,8-9,12,14H2,1-2H3,(H,25,27)/b24-13-. The molecule has 2 aromatic rings. The molecule has 0 unspecified atom stereocenters. The van der Waals surface area contributed by atoms with Gasteiger partial charge >= 0.3 is 0 Å². The van der Waals surface area contributed by atoms with Gasteiger partial charge in [0.05, 0.1) is 31.8 Å². The molecule has 0 saturated carbocycles. The van der Waals surface area contributed by atoms with Gasteiger partial charge in [-0.3, -0.25) is 14.9 Å². The van der Waals surface area contributed by atoms with Gasteiger partial charge in [0.2, 0.25) is 5.91 Å². The highest BCUT2D eigenvalue weighted by Crippen LogP contribution is 2.45. The molecular formula is C22H24IN3O5S2. The molecule has 1 aliphatic heterocycles. The van der Waals surface area contributed by atoms with Gasteiger partial charge in [-0.05, 0) is 71.8 Å². The van der Waals surface area contributed by atoms with Gasteiger partial charge in [-0.1, -0.05) is 0 Å². The molecule has 0 bridgehead atoms. The first-order chi connectivity index (χ1) is 15.8. The largest absolute Gasteiger partial charge is 0.490 e. The summed E-state index contributed by atoms with van der Waals surface area (Å²) < 4.78 is 12.5. The second-order valence-corrected chi connectivity index (χ2v) is 11.9. The van der Waals surface area contributed by atoms with Gasteiger partial charge < -0.3 is 9.47 Å². The number of hydrazone groups is 1. The summed E-state index contributed by atoms with van der Waals surface area (Å²) in [4.78, 5) is 22.6. The number of hydrogen-bond donors (Lipinski definition) is 1. The van der Waals surface area contributed by atoms with Crippen LogP contribution in [0, 0.1) is 13.7 Å². The van der Waals surface area contributed by atoms with Crippen LogP contribution in [0.25, 0.3) is 0 Å². The number of benzene rings is 2. The minimum absolute atomic E-state index is 0.0360. The van der Waals surface area contributed by atoms with E-state index in [0.717, 1.165) is 26.2 Å². The average molecular weight is 601 g/mol. The molecule has 11 heteroatoms. The molecule has 8 nitrogen and oxygen atoms in total. The number of carbonyl (C=O) groups excluding carboxylic acids is 1. The summed E-state index contributed by atoms with van der Waals surface area (Å²) in [6, 6.07) is 9.91. The third-order valence-corrected chi connectivity index (χ3v) is 8.74. The zero-order chi connectivity index (χ0) is 23.8. The number of non-ortho nitro benzene ring substituents is 1. The lowest BCUT2D eigenvalue weighted by Gasteiger charge is -2.19.